The van der Waals surface area contributed by atoms with Crippen molar-refractivity contribution in [1.29, 1.82) is 0 Å². The van der Waals surface area contributed by atoms with Gasteiger partial charge in [-0.2, -0.15) is 0 Å². The smallest absolute Gasteiger partial charge is 0.294 e. The van der Waals surface area contributed by atoms with Crippen LogP contribution in [0.3, 0.4) is 0 Å². The van der Waals surface area contributed by atoms with Crippen LogP contribution in [0.1, 0.15) is 10.6 Å². The predicted octanol–water partition coefficient (Wildman–Crippen LogP) is 1.84. The maximum atomic E-state index is 11.8. The van der Waals surface area contributed by atoms with Crippen molar-refractivity contribution in [2.45, 2.75) is 0 Å². The van der Waals surface area contributed by atoms with Gasteiger partial charge in [-0.15, -0.1) is 0 Å². The molecule has 0 fully saturated rings. The van der Waals surface area contributed by atoms with Crippen molar-refractivity contribution in [3.63, 3.8) is 0 Å². The molecule has 1 heterocycles. The summed E-state index contributed by atoms with van der Waals surface area (Å²) >= 11 is 0. The normalized spacial score (nSPS) is 9.95. The van der Waals surface area contributed by atoms with Crippen molar-refractivity contribution >= 4 is 17.3 Å². The Labute approximate surface area is 107 Å². The number of carbonyl (C=O) groups is 1. The summed E-state index contributed by atoms with van der Waals surface area (Å²) in [5.41, 5.74) is 0.0202. The van der Waals surface area contributed by atoms with Gasteiger partial charge in [0.1, 0.15) is 5.75 Å². The van der Waals surface area contributed by atoms with Gasteiger partial charge in [0.15, 0.2) is 0 Å². The standard InChI is InChI=1S/C11H9N3O5/c1-18-9-3-2-7(14(16)17)6-8(9)13-11(15)10-4-5-12-19-10/h2-6H,1H3,(H,13,15). The predicted molar refractivity (Wildman–Crippen MR) is 64.1 cm³/mol. The van der Waals surface area contributed by atoms with E-state index in [0.717, 1.165) is 0 Å². The average molecular weight is 263 g/mol. The third kappa shape index (κ3) is 2.68. The lowest BCUT2D eigenvalue weighted by atomic mass is 10.2. The maximum absolute atomic E-state index is 11.8. The molecule has 0 aliphatic heterocycles. The molecule has 0 atom stereocenters. The first-order valence-electron chi connectivity index (χ1n) is 5.16. The zero-order chi connectivity index (χ0) is 13.8. The van der Waals surface area contributed by atoms with Gasteiger partial charge in [0, 0.05) is 18.2 Å². The summed E-state index contributed by atoms with van der Waals surface area (Å²) in [5, 5.41) is 16.5. The molecule has 8 heteroatoms. The van der Waals surface area contributed by atoms with Gasteiger partial charge in [0.2, 0.25) is 5.76 Å². The molecule has 2 aromatic rings. The molecule has 0 aliphatic carbocycles. The second-order valence-corrected chi connectivity index (χ2v) is 3.47. The van der Waals surface area contributed by atoms with Crippen molar-refractivity contribution in [2.24, 2.45) is 0 Å². The fraction of sp³-hybridized carbons (Fsp3) is 0.0909. The minimum atomic E-state index is -0.573. The number of nitrogens with one attached hydrogen (secondary N) is 1. The van der Waals surface area contributed by atoms with Gasteiger partial charge >= 0.3 is 0 Å². The average Bonchev–Trinajstić information content (AvgIpc) is 2.92. The summed E-state index contributed by atoms with van der Waals surface area (Å²) in [7, 11) is 1.39. The summed E-state index contributed by atoms with van der Waals surface area (Å²) in [4.78, 5) is 21.9. The minimum absolute atomic E-state index is 0.00596. The zero-order valence-electron chi connectivity index (χ0n) is 9.82. The lowest BCUT2D eigenvalue weighted by Gasteiger charge is -2.08. The highest BCUT2D eigenvalue weighted by atomic mass is 16.6. The van der Waals surface area contributed by atoms with Crippen LogP contribution in [-0.4, -0.2) is 23.1 Å². The van der Waals surface area contributed by atoms with E-state index in [0.29, 0.717) is 5.75 Å². The van der Waals surface area contributed by atoms with Crippen molar-refractivity contribution in [3.8, 4) is 5.75 Å². The van der Waals surface area contributed by atoms with Crippen LogP contribution < -0.4 is 10.1 Å². The van der Waals surface area contributed by atoms with Crippen molar-refractivity contribution in [3.05, 3.63) is 46.3 Å². The van der Waals surface area contributed by atoms with Gasteiger partial charge in [-0.05, 0) is 6.07 Å². The number of nitro benzene ring substituents is 1. The second kappa shape index (κ2) is 5.17. The Hall–Kier alpha value is -2.90. The number of nitrogens with zero attached hydrogens (tertiary/aromatic N) is 2. The van der Waals surface area contributed by atoms with Crippen LogP contribution in [0, 0.1) is 10.1 Å². The molecule has 0 bridgehead atoms. The van der Waals surface area contributed by atoms with Gasteiger partial charge in [-0.3, -0.25) is 14.9 Å². The molecular formula is C11H9N3O5. The molecule has 0 saturated heterocycles. The minimum Gasteiger partial charge on any atom is -0.495 e. The number of non-ortho nitro benzene ring substituents is 1. The van der Waals surface area contributed by atoms with E-state index in [1.807, 2.05) is 0 Å². The SMILES string of the molecule is COc1ccc([N+](=O)[O-])cc1NC(=O)c1ccno1. The van der Waals surface area contributed by atoms with Crippen LogP contribution >= 0.6 is 0 Å². The molecule has 0 radical (unpaired) electrons. The molecule has 0 saturated carbocycles. The van der Waals surface area contributed by atoms with Crippen molar-refractivity contribution in [1.82, 2.24) is 5.16 Å². The van der Waals surface area contributed by atoms with Crippen LogP contribution in [0.25, 0.3) is 0 Å². The lowest BCUT2D eigenvalue weighted by molar-refractivity contribution is -0.384. The van der Waals surface area contributed by atoms with Crippen LogP contribution in [0.5, 0.6) is 5.75 Å². The highest BCUT2D eigenvalue weighted by Crippen LogP contribution is 2.29. The summed E-state index contributed by atoms with van der Waals surface area (Å²) in [6.07, 6.45) is 1.32. The van der Waals surface area contributed by atoms with Gasteiger partial charge < -0.3 is 14.6 Å². The number of hydrogen-bond donors (Lipinski definition) is 1. The maximum Gasteiger partial charge on any atom is 0.294 e. The van der Waals surface area contributed by atoms with Crippen LogP contribution in [0.4, 0.5) is 11.4 Å². The number of anilines is 1. The molecule has 0 aliphatic rings. The fourth-order valence-electron chi connectivity index (χ4n) is 1.42. The lowest BCUT2D eigenvalue weighted by Crippen LogP contribution is -2.12. The Morgan fingerprint density at radius 2 is 2.26 bits per heavy atom. The van der Waals surface area contributed by atoms with E-state index in [1.54, 1.807) is 0 Å². The topological polar surface area (TPSA) is 108 Å². The Balaban J connectivity index is 2.30. The van der Waals surface area contributed by atoms with E-state index < -0.39 is 10.8 Å². The third-order valence-corrected chi connectivity index (χ3v) is 2.30. The van der Waals surface area contributed by atoms with Gasteiger partial charge in [-0.25, -0.2) is 0 Å². The molecule has 1 aromatic carbocycles. The molecule has 0 unspecified atom stereocenters. The number of ether oxygens (including phenoxy) is 1. The zero-order valence-corrected chi connectivity index (χ0v) is 9.82. The number of benzene rings is 1. The van der Waals surface area contributed by atoms with Crippen molar-refractivity contribution in [2.75, 3.05) is 12.4 Å². The first-order valence-corrected chi connectivity index (χ1v) is 5.16. The van der Waals surface area contributed by atoms with Crippen LogP contribution in [0.15, 0.2) is 35.0 Å². The summed E-state index contributed by atoms with van der Waals surface area (Å²) in [6.45, 7) is 0. The molecule has 19 heavy (non-hydrogen) atoms. The molecule has 2 rings (SSSR count). The molecule has 1 aromatic heterocycles. The molecular weight excluding hydrogens is 254 g/mol. The third-order valence-electron chi connectivity index (χ3n) is 2.30. The first kappa shape index (κ1) is 12.6. The Morgan fingerprint density at radius 1 is 1.47 bits per heavy atom. The molecule has 98 valence electrons. The highest BCUT2D eigenvalue weighted by molar-refractivity contribution is 6.03. The summed E-state index contributed by atoms with van der Waals surface area (Å²) in [5.74, 6) is -0.275. The van der Waals surface area contributed by atoms with E-state index >= 15 is 0 Å². The van der Waals surface area contributed by atoms with E-state index in [4.69, 9.17) is 4.74 Å². The van der Waals surface area contributed by atoms with E-state index in [-0.39, 0.29) is 17.1 Å². The van der Waals surface area contributed by atoms with E-state index in [1.165, 1.54) is 37.6 Å². The molecule has 8 nitrogen and oxygen atoms in total. The Bertz CT molecular complexity index is 609. The number of rotatable bonds is 4. The fourth-order valence-corrected chi connectivity index (χ4v) is 1.42. The largest absolute Gasteiger partial charge is 0.495 e. The summed E-state index contributed by atoms with van der Waals surface area (Å²) in [6, 6.07) is 5.25. The molecule has 1 amide bonds. The Kier molecular flexibility index (Phi) is 3.42. The van der Waals surface area contributed by atoms with E-state index in [2.05, 4.69) is 15.0 Å². The van der Waals surface area contributed by atoms with Crippen LogP contribution in [-0.2, 0) is 0 Å². The van der Waals surface area contributed by atoms with Crippen LogP contribution in [0.2, 0.25) is 0 Å². The number of carbonyl (C=O) groups excluding carboxylic acids is 1. The first-order chi connectivity index (χ1) is 9.11. The number of amides is 1. The molecule has 0 spiro atoms. The number of nitro groups is 1. The van der Waals surface area contributed by atoms with Crippen molar-refractivity contribution < 1.29 is 19.0 Å². The van der Waals surface area contributed by atoms with Gasteiger partial charge in [0.25, 0.3) is 11.6 Å². The second-order valence-electron chi connectivity index (χ2n) is 3.47. The highest BCUT2D eigenvalue weighted by Gasteiger charge is 2.16. The van der Waals surface area contributed by atoms with E-state index in [9.17, 15) is 14.9 Å². The quantitative estimate of drug-likeness (QED) is 0.666. The van der Waals surface area contributed by atoms with Gasteiger partial charge in [0.05, 0.1) is 23.9 Å². The summed E-state index contributed by atoms with van der Waals surface area (Å²) < 4.78 is 9.70. The molecule has 1 N–H and O–H groups in total. The number of hydrogen-bond acceptors (Lipinski definition) is 6. The Morgan fingerprint density at radius 3 is 2.84 bits per heavy atom. The van der Waals surface area contributed by atoms with Gasteiger partial charge in [-0.1, -0.05) is 5.16 Å². The number of methoxy groups -OCH3 is 1. The monoisotopic (exact) mass is 263 g/mol. The number of aromatic nitrogens is 1.